The zero-order valence-corrected chi connectivity index (χ0v) is 11.2. The lowest BCUT2D eigenvalue weighted by molar-refractivity contribution is 0.291. The second kappa shape index (κ2) is 6.86. The average molecular weight is 290 g/mol. The predicted octanol–water partition coefficient (Wildman–Crippen LogP) is 3.36. The van der Waals surface area contributed by atoms with Gasteiger partial charge in [0.05, 0.1) is 6.61 Å². The molecule has 0 bridgehead atoms. The molecule has 0 unspecified atom stereocenters. The van der Waals surface area contributed by atoms with Gasteiger partial charge < -0.3 is 10.1 Å². The topological polar surface area (TPSA) is 21.3 Å². The van der Waals surface area contributed by atoms with Crippen LogP contribution in [0.15, 0.2) is 22.7 Å². The first-order chi connectivity index (χ1) is 7.59. The van der Waals surface area contributed by atoms with E-state index in [0.29, 0.717) is 18.4 Å². The molecule has 1 aromatic carbocycles. The summed E-state index contributed by atoms with van der Waals surface area (Å²) in [7, 11) is 0. The molecule has 0 aliphatic heterocycles. The van der Waals surface area contributed by atoms with Gasteiger partial charge in [0, 0.05) is 10.5 Å². The minimum atomic E-state index is -0.319. The molecule has 1 aromatic rings. The molecule has 1 N–H and O–H groups in total. The standard InChI is InChI=1S/C12H17BrFNO/c1-9(2)15-6-3-7-16-12-8-10(13)4-5-11(12)14/h4-5,8-9,15H,3,6-7H2,1-2H3. The van der Waals surface area contributed by atoms with Crippen LogP contribution >= 0.6 is 15.9 Å². The van der Waals surface area contributed by atoms with Crippen molar-refractivity contribution in [2.24, 2.45) is 0 Å². The lowest BCUT2D eigenvalue weighted by Gasteiger charge is -2.09. The van der Waals surface area contributed by atoms with Gasteiger partial charge in [0.2, 0.25) is 0 Å². The molecule has 0 spiro atoms. The Kier molecular flexibility index (Phi) is 5.77. The Bertz CT molecular complexity index is 331. The van der Waals surface area contributed by atoms with E-state index >= 15 is 0 Å². The number of rotatable bonds is 6. The molecule has 4 heteroatoms. The smallest absolute Gasteiger partial charge is 0.165 e. The fourth-order valence-electron chi connectivity index (χ4n) is 1.23. The third kappa shape index (κ3) is 4.94. The molecule has 0 amide bonds. The van der Waals surface area contributed by atoms with E-state index in [1.807, 2.05) is 0 Å². The maximum Gasteiger partial charge on any atom is 0.165 e. The zero-order chi connectivity index (χ0) is 12.0. The SMILES string of the molecule is CC(C)NCCCOc1cc(Br)ccc1F. The Morgan fingerprint density at radius 2 is 2.19 bits per heavy atom. The molecule has 1 rings (SSSR count). The number of nitrogens with one attached hydrogen (secondary N) is 1. The largest absolute Gasteiger partial charge is 0.490 e. The molecule has 0 heterocycles. The van der Waals surface area contributed by atoms with Gasteiger partial charge >= 0.3 is 0 Å². The van der Waals surface area contributed by atoms with Crippen molar-refractivity contribution in [2.45, 2.75) is 26.3 Å². The van der Waals surface area contributed by atoms with Crippen LogP contribution in [0.2, 0.25) is 0 Å². The molecule has 90 valence electrons. The van der Waals surface area contributed by atoms with Crippen LogP contribution in [0.1, 0.15) is 20.3 Å². The summed E-state index contributed by atoms with van der Waals surface area (Å²) in [6.07, 6.45) is 0.865. The first-order valence-electron chi connectivity index (χ1n) is 5.41. The van der Waals surface area contributed by atoms with Gasteiger partial charge in [0.1, 0.15) is 0 Å². The van der Waals surface area contributed by atoms with Crippen molar-refractivity contribution in [3.63, 3.8) is 0 Å². The number of hydrogen-bond donors (Lipinski definition) is 1. The van der Waals surface area contributed by atoms with Gasteiger partial charge in [0.25, 0.3) is 0 Å². The van der Waals surface area contributed by atoms with E-state index in [2.05, 4.69) is 35.1 Å². The van der Waals surface area contributed by atoms with E-state index < -0.39 is 0 Å². The van der Waals surface area contributed by atoms with Gasteiger partial charge in [-0.25, -0.2) is 4.39 Å². The molecule has 0 radical (unpaired) electrons. The molecular formula is C12H17BrFNO. The average Bonchev–Trinajstić information content (AvgIpc) is 2.22. The minimum absolute atomic E-state index is 0.305. The maximum absolute atomic E-state index is 13.2. The van der Waals surface area contributed by atoms with Gasteiger partial charge in [-0.1, -0.05) is 29.8 Å². The number of halogens is 2. The first-order valence-corrected chi connectivity index (χ1v) is 6.20. The summed E-state index contributed by atoms with van der Waals surface area (Å²) in [5, 5.41) is 3.27. The Hall–Kier alpha value is -0.610. The highest BCUT2D eigenvalue weighted by Gasteiger charge is 2.03. The first kappa shape index (κ1) is 13.5. The van der Waals surface area contributed by atoms with Crippen LogP contribution in [0.3, 0.4) is 0 Å². The van der Waals surface area contributed by atoms with Gasteiger partial charge in [-0.2, -0.15) is 0 Å². The highest BCUT2D eigenvalue weighted by atomic mass is 79.9. The van der Waals surface area contributed by atoms with E-state index in [1.165, 1.54) is 6.07 Å². The van der Waals surface area contributed by atoms with Crippen LogP contribution < -0.4 is 10.1 Å². The van der Waals surface area contributed by atoms with Crippen LogP contribution in [0, 0.1) is 5.82 Å². The Labute approximate surface area is 104 Å². The predicted molar refractivity (Wildman–Crippen MR) is 67.4 cm³/mol. The molecule has 0 atom stereocenters. The Morgan fingerprint density at radius 1 is 1.44 bits per heavy atom. The molecule has 0 saturated carbocycles. The number of benzene rings is 1. The summed E-state index contributed by atoms with van der Waals surface area (Å²) < 4.78 is 19.4. The van der Waals surface area contributed by atoms with Crippen molar-refractivity contribution in [3.8, 4) is 5.75 Å². The van der Waals surface area contributed by atoms with E-state index in [0.717, 1.165) is 17.4 Å². The van der Waals surface area contributed by atoms with Crippen molar-refractivity contribution in [3.05, 3.63) is 28.5 Å². The summed E-state index contributed by atoms with van der Waals surface area (Å²) >= 11 is 3.28. The van der Waals surface area contributed by atoms with Crippen molar-refractivity contribution in [1.29, 1.82) is 0 Å². The molecule has 0 aliphatic carbocycles. The quantitative estimate of drug-likeness (QED) is 0.811. The van der Waals surface area contributed by atoms with E-state index in [4.69, 9.17) is 4.74 Å². The summed E-state index contributed by atoms with van der Waals surface area (Å²) in [5.74, 6) is -0.0149. The van der Waals surface area contributed by atoms with Gasteiger partial charge in [-0.05, 0) is 31.2 Å². The Morgan fingerprint density at radius 3 is 2.88 bits per heavy atom. The molecule has 16 heavy (non-hydrogen) atoms. The second-order valence-electron chi connectivity index (χ2n) is 3.89. The maximum atomic E-state index is 13.2. The number of ether oxygens (including phenoxy) is 1. The van der Waals surface area contributed by atoms with Crippen LogP contribution in [0.5, 0.6) is 5.75 Å². The molecule has 0 aromatic heterocycles. The third-order valence-corrected chi connectivity index (χ3v) is 2.52. The van der Waals surface area contributed by atoms with Crippen LogP contribution in [0.25, 0.3) is 0 Å². The normalized spacial score (nSPS) is 10.8. The van der Waals surface area contributed by atoms with Crippen LogP contribution in [-0.2, 0) is 0 Å². The van der Waals surface area contributed by atoms with Crippen molar-refractivity contribution in [2.75, 3.05) is 13.2 Å². The fourth-order valence-corrected chi connectivity index (χ4v) is 1.57. The molecule has 2 nitrogen and oxygen atoms in total. The van der Waals surface area contributed by atoms with Crippen LogP contribution in [-0.4, -0.2) is 19.2 Å². The summed E-state index contributed by atoms with van der Waals surface area (Å²) in [6, 6.07) is 5.17. The second-order valence-corrected chi connectivity index (χ2v) is 4.80. The third-order valence-electron chi connectivity index (χ3n) is 2.02. The number of hydrogen-bond acceptors (Lipinski definition) is 2. The highest BCUT2D eigenvalue weighted by Crippen LogP contribution is 2.22. The summed E-state index contributed by atoms with van der Waals surface area (Å²) in [4.78, 5) is 0. The minimum Gasteiger partial charge on any atom is -0.490 e. The highest BCUT2D eigenvalue weighted by molar-refractivity contribution is 9.10. The van der Waals surface area contributed by atoms with E-state index in [-0.39, 0.29) is 5.82 Å². The van der Waals surface area contributed by atoms with Gasteiger partial charge in [-0.15, -0.1) is 0 Å². The molecule has 0 fully saturated rings. The van der Waals surface area contributed by atoms with Gasteiger partial charge in [0.15, 0.2) is 11.6 Å². The zero-order valence-electron chi connectivity index (χ0n) is 9.59. The Balaban J connectivity index is 2.29. The lowest BCUT2D eigenvalue weighted by Crippen LogP contribution is -2.24. The van der Waals surface area contributed by atoms with Crippen molar-refractivity contribution in [1.82, 2.24) is 5.32 Å². The van der Waals surface area contributed by atoms with Gasteiger partial charge in [-0.3, -0.25) is 0 Å². The molecular weight excluding hydrogens is 273 g/mol. The van der Waals surface area contributed by atoms with Crippen molar-refractivity contribution < 1.29 is 9.13 Å². The molecule has 0 aliphatic rings. The monoisotopic (exact) mass is 289 g/mol. The summed E-state index contributed by atoms with van der Waals surface area (Å²) in [6.45, 7) is 5.59. The fraction of sp³-hybridized carbons (Fsp3) is 0.500. The van der Waals surface area contributed by atoms with E-state index in [9.17, 15) is 4.39 Å². The van der Waals surface area contributed by atoms with Crippen LogP contribution in [0.4, 0.5) is 4.39 Å². The molecule has 0 saturated heterocycles. The van der Waals surface area contributed by atoms with E-state index in [1.54, 1.807) is 12.1 Å². The summed E-state index contributed by atoms with van der Waals surface area (Å²) in [5.41, 5.74) is 0. The van der Waals surface area contributed by atoms with Crippen molar-refractivity contribution >= 4 is 15.9 Å². The lowest BCUT2D eigenvalue weighted by atomic mass is 10.3.